The predicted molar refractivity (Wildman–Crippen MR) is 98.0 cm³/mol. The first-order valence-corrected chi connectivity index (χ1v) is 7.84. The number of nitrogens with zero attached hydrogens (tertiary/aromatic N) is 1. The molecule has 0 heterocycles. The van der Waals surface area contributed by atoms with Crippen LogP contribution in [-0.2, 0) is 4.79 Å². The van der Waals surface area contributed by atoms with E-state index in [-0.39, 0.29) is 12.5 Å². The van der Waals surface area contributed by atoms with Crippen molar-refractivity contribution in [2.24, 2.45) is 0 Å². The lowest BCUT2D eigenvalue weighted by Gasteiger charge is -2.11. The Balaban J connectivity index is 2.04. The average Bonchev–Trinajstić information content (AvgIpc) is 2.62. The van der Waals surface area contributed by atoms with Gasteiger partial charge in [0.05, 0.1) is 12.8 Å². The van der Waals surface area contributed by atoms with Crippen molar-refractivity contribution in [3.8, 4) is 17.6 Å². The van der Waals surface area contributed by atoms with E-state index in [9.17, 15) is 4.79 Å². The van der Waals surface area contributed by atoms with Crippen molar-refractivity contribution in [2.45, 2.75) is 6.92 Å². The Kier molecular flexibility index (Phi) is 6.44. The first-order chi connectivity index (χ1) is 12.0. The Morgan fingerprint density at radius 2 is 2.04 bits per heavy atom. The molecule has 0 fully saturated rings. The van der Waals surface area contributed by atoms with E-state index in [1.807, 2.05) is 13.0 Å². The van der Waals surface area contributed by atoms with Crippen molar-refractivity contribution >= 4 is 29.3 Å². The molecule has 2 aromatic carbocycles. The molecule has 0 saturated carbocycles. The van der Waals surface area contributed by atoms with Crippen molar-refractivity contribution < 1.29 is 14.3 Å². The lowest BCUT2D eigenvalue weighted by molar-refractivity contribution is -0.111. The normalized spacial score (nSPS) is 10.3. The first-order valence-electron chi connectivity index (χ1n) is 7.46. The van der Waals surface area contributed by atoms with Gasteiger partial charge in [-0.3, -0.25) is 4.79 Å². The second-order valence-corrected chi connectivity index (χ2v) is 5.55. The number of nitrogens with one attached hydrogen (secondary N) is 1. The zero-order chi connectivity index (χ0) is 18.2. The fourth-order valence-corrected chi connectivity index (χ4v) is 2.22. The molecule has 0 saturated heterocycles. The van der Waals surface area contributed by atoms with Crippen LogP contribution in [0.25, 0.3) is 6.08 Å². The Bertz CT molecular complexity index is 824. The fourth-order valence-electron chi connectivity index (χ4n) is 2.07. The molecule has 0 aliphatic carbocycles. The highest BCUT2D eigenvalue weighted by Crippen LogP contribution is 2.30. The van der Waals surface area contributed by atoms with Gasteiger partial charge in [0.1, 0.15) is 17.6 Å². The molecule has 0 aliphatic heterocycles. The highest BCUT2D eigenvalue weighted by Gasteiger charge is 2.08. The quantitative estimate of drug-likeness (QED) is 0.787. The van der Waals surface area contributed by atoms with Gasteiger partial charge in [0.25, 0.3) is 0 Å². The molecular weight excluding hydrogens is 340 g/mol. The summed E-state index contributed by atoms with van der Waals surface area (Å²) >= 11 is 6.05. The zero-order valence-electron chi connectivity index (χ0n) is 13.9. The number of methoxy groups -OCH3 is 1. The summed E-state index contributed by atoms with van der Waals surface area (Å²) in [6.45, 7) is 1.85. The summed E-state index contributed by atoms with van der Waals surface area (Å²) in [6.07, 6.45) is 3.10. The summed E-state index contributed by atoms with van der Waals surface area (Å²) in [5, 5.41) is 11.8. The predicted octanol–water partition coefficient (Wildman–Crippen LogP) is 4.21. The van der Waals surface area contributed by atoms with Crippen LogP contribution in [0.4, 0.5) is 5.69 Å². The molecule has 0 spiro atoms. The van der Waals surface area contributed by atoms with Crippen molar-refractivity contribution in [2.75, 3.05) is 19.0 Å². The van der Waals surface area contributed by atoms with Gasteiger partial charge in [-0.25, -0.2) is 0 Å². The highest BCUT2D eigenvalue weighted by molar-refractivity contribution is 6.31. The summed E-state index contributed by atoms with van der Waals surface area (Å²) in [6, 6.07) is 12.4. The Labute approximate surface area is 151 Å². The van der Waals surface area contributed by atoms with Gasteiger partial charge in [-0.2, -0.15) is 5.26 Å². The number of nitriles is 1. The number of carbonyl (C=O) groups excluding carboxylic acids is 1. The second-order valence-electron chi connectivity index (χ2n) is 5.14. The molecule has 0 bridgehead atoms. The van der Waals surface area contributed by atoms with Crippen LogP contribution >= 0.6 is 11.6 Å². The van der Waals surface area contributed by atoms with Gasteiger partial charge < -0.3 is 14.8 Å². The molecule has 2 aromatic rings. The van der Waals surface area contributed by atoms with Crippen LogP contribution in [0.15, 0.2) is 42.5 Å². The van der Waals surface area contributed by atoms with Gasteiger partial charge in [0, 0.05) is 17.2 Å². The van der Waals surface area contributed by atoms with Crippen LogP contribution in [-0.4, -0.2) is 19.6 Å². The van der Waals surface area contributed by atoms with Gasteiger partial charge in [0.2, 0.25) is 5.91 Å². The number of anilines is 1. The van der Waals surface area contributed by atoms with E-state index in [1.165, 1.54) is 13.2 Å². The van der Waals surface area contributed by atoms with Crippen molar-refractivity contribution in [3.63, 3.8) is 0 Å². The topological polar surface area (TPSA) is 71.3 Å². The Hall–Kier alpha value is -2.97. The molecule has 0 radical (unpaired) electrons. The maximum Gasteiger partial charge on any atom is 0.248 e. The van der Waals surface area contributed by atoms with Gasteiger partial charge in [-0.05, 0) is 42.3 Å². The molecule has 2 rings (SSSR count). The lowest BCUT2D eigenvalue weighted by atomic mass is 10.2. The molecule has 25 heavy (non-hydrogen) atoms. The monoisotopic (exact) mass is 356 g/mol. The summed E-state index contributed by atoms with van der Waals surface area (Å²) in [5.41, 5.74) is 2.23. The Morgan fingerprint density at radius 3 is 2.68 bits per heavy atom. The third-order valence-corrected chi connectivity index (χ3v) is 3.76. The minimum Gasteiger partial charge on any atom is -0.495 e. The number of rotatable bonds is 6. The van der Waals surface area contributed by atoms with Crippen LogP contribution in [0.5, 0.6) is 11.5 Å². The Morgan fingerprint density at radius 1 is 1.32 bits per heavy atom. The van der Waals surface area contributed by atoms with Crippen molar-refractivity contribution in [3.05, 3.63) is 58.6 Å². The third kappa shape index (κ3) is 5.27. The van der Waals surface area contributed by atoms with E-state index in [2.05, 4.69) is 5.32 Å². The van der Waals surface area contributed by atoms with Gasteiger partial charge >= 0.3 is 0 Å². The first kappa shape index (κ1) is 18.4. The lowest BCUT2D eigenvalue weighted by Crippen LogP contribution is -2.09. The number of carbonyl (C=O) groups is 1. The molecule has 0 aliphatic rings. The largest absolute Gasteiger partial charge is 0.495 e. The van der Waals surface area contributed by atoms with Crippen LogP contribution in [0.2, 0.25) is 5.02 Å². The van der Waals surface area contributed by atoms with E-state index >= 15 is 0 Å². The number of aryl methyl sites for hydroxylation is 1. The number of hydrogen-bond donors (Lipinski definition) is 1. The molecule has 6 heteroatoms. The molecular formula is C19H17ClN2O3. The standard InChI is InChI=1S/C19H17ClN2O3/c1-13-11-17(18(24-2)12-16(13)20)22-19(23)8-5-14-3-6-15(7-4-14)25-10-9-21/h3-8,11-12H,10H2,1-2H3,(H,22,23)/b8-5+. The molecule has 1 N–H and O–H groups in total. The minimum absolute atomic E-state index is 0.0000658. The average molecular weight is 357 g/mol. The van der Waals surface area contributed by atoms with Crippen molar-refractivity contribution in [1.29, 1.82) is 5.26 Å². The fraction of sp³-hybridized carbons (Fsp3) is 0.158. The van der Waals surface area contributed by atoms with Gasteiger partial charge in [-0.15, -0.1) is 0 Å². The molecule has 128 valence electrons. The van der Waals surface area contributed by atoms with Gasteiger partial charge in [0.15, 0.2) is 6.61 Å². The third-order valence-electron chi connectivity index (χ3n) is 3.35. The smallest absolute Gasteiger partial charge is 0.248 e. The summed E-state index contributed by atoms with van der Waals surface area (Å²) < 4.78 is 10.4. The SMILES string of the molecule is COc1cc(Cl)c(C)cc1NC(=O)/C=C/c1ccc(OCC#N)cc1. The summed E-state index contributed by atoms with van der Waals surface area (Å²) in [4.78, 5) is 12.1. The molecule has 0 atom stereocenters. The molecule has 0 aromatic heterocycles. The number of hydrogen-bond acceptors (Lipinski definition) is 4. The maximum atomic E-state index is 12.1. The van der Waals surface area contributed by atoms with Crippen LogP contribution in [0.3, 0.4) is 0 Å². The second kappa shape index (κ2) is 8.76. The number of benzene rings is 2. The van der Waals surface area contributed by atoms with Crippen LogP contribution in [0.1, 0.15) is 11.1 Å². The van der Waals surface area contributed by atoms with E-state index in [1.54, 1.807) is 42.5 Å². The summed E-state index contributed by atoms with van der Waals surface area (Å²) in [5.74, 6) is 0.811. The maximum absolute atomic E-state index is 12.1. The van der Waals surface area contributed by atoms with E-state index in [4.69, 9.17) is 26.3 Å². The van der Waals surface area contributed by atoms with E-state index in [0.29, 0.717) is 22.2 Å². The molecule has 1 amide bonds. The minimum atomic E-state index is -0.287. The number of halogens is 1. The number of ether oxygens (including phenoxy) is 2. The van der Waals surface area contributed by atoms with Crippen LogP contribution in [0, 0.1) is 18.3 Å². The van der Waals surface area contributed by atoms with Crippen LogP contribution < -0.4 is 14.8 Å². The number of amides is 1. The van der Waals surface area contributed by atoms with Gasteiger partial charge in [-0.1, -0.05) is 23.7 Å². The van der Waals surface area contributed by atoms with Crippen molar-refractivity contribution in [1.82, 2.24) is 0 Å². The van der Waals surface area contributed by atoms with E-state index in [0.717, 1.165) is 11.1 Å². The molecule has 0 unspecified atom stereocenters. The molecule has 5 nitrogen and oxygen atoms in total. The zero-order valence-corrected chi connectivity index (χ0v) is 14.6. The summed E-state index contributed by atoms with van der Waals surface area (Å²) in [7, 11) is 1.52. The van der Waals surface area contributed by atoms with E-state index < -0.39 is 0 Å². The highest BCUT2D eigenvalue weighted by atomic mass is 35.5.